The summed E-state index contributed by atoms with van der Waals surface area (Å²) in [5.41, 5.74) is 0. The van der Waals surface area contributed by atoms with Crippen molar-refractivity contribution in [3.8, 4) is 0 Å². The van der Waals surface area contributed by atoms with Crippen molar-refractivity contribution in [3.63, 3.8) is 0 Å². The van der Waals surface area contributed by atoms with Crippen LogP contribution in [0.4, 0.5) is 0 Å². The Kier molecular flexibility index (Phi) is 6.30. The number of hydrogen-bond donors (Lipinski definition) is 0. The first kappa shape index (κ1) is 13.9. The van der Waals surface area contributed by atoms with Crippen molar-refractivity contribution in [1.29, 1.82) is 0 Å². The van der Waals surface area contributed by atoms with Crippen LogP contribution in [-0.2, 0) is 23.7 Å². The highest BCUT2D eigenvalue weighted by atomic mass is 16.6. The molecule has 0 saturated carbocycles. The second-order valence-electron chi connectivity index (χ2n) is 3.62. The van der Waals surface area contributed by atoms with Crippen molar-refractivity contribution in [2.45, 2.75) is 24.3 Å². The average molecular weight is 230 g/mol. The van der Waals surface area contributed by atoms with E-state index in [1.807, 2.05) is 0 Å². The van der Waals surface area contributed by atoms with Gasteiger partial charge in [-0.05, 0) is 0 Å². The van der Waals surface area contributed by atoms with Gasteiger partial charge in [-0.1, -0.05) is 0 Å². The summed E-state index contributed by atoms with van der Waals surface area (Å²) in [6, 6.07) is -0.484. The molecule has 1 heterocycles. The van der Waals surface area contributed by atoms with E-state index >= 15 is 0 Å². The molecule has 1 saturated heterocycles. The van der Waals surface area contributed by atoms with Gasteiger partial charge in [0.05, 0.1) is 19.8 Å². The van der Waals surface area contributed by atoms with Gasteiger partial charge in [0.2, 0.25) is 0 Å². The van der Waals surface area contributed by atoms with E-state index in [2.05, 4.69) is 0 Å². The standard InChI is InChI=1S/C10H19BO5/c1-12-4-5-15-9-8(14-3)7(6-13-2)16-10(9)11/h7-10H,4-6H2,1-3H3/t7-,8?,9-,10-/m1/s1. The van der Waals surface area contributed by atoms with Crippen LogP contribution < -0.4 is 0 Å². The van der Waals surface area contributed by atoms with Crippen molar-refractivity contribution in [2.75, 3.05) is 41.2 Å². The molecule has 92 valence electrons. The van der Waals surface area contributed by atoms with Crippen LogP contribution in [0.1, 0.15) is 0 Å². The maximum absolute atomic E-state index is 5.82. The third kappa shape index (κ3) is 3.43. The Morgan fingerprint density at radius 1 is 1.06 bits per heavy atom. The molecule has 6 heteroatoms. The quantitative estimate of drug-likeness (QED) is 0.438. The Balaban J connectivity index is 2.46. The van der Waals surface area contributed by atoms with Crippen LogP contribution in [0.5, 0.6) is 0 Å². The number of hydrogen-bond acceptors (Lipinski definition) is 5. The maximum atomic E-state index is 5.82. The van der Waals surface area contributed by atoms with E-state index in [4.69, 9.17) is 31.5 Å². The molecule has 2 radical (unpaired) electrons. The van der Waals surface area contributed by atoms with Gasteiger partial charge in [-0.15, -0.1) is 0 Å². The first-order chi connectivity index (χ1) is 7.74. The Labute approximate surface area is 97.7 Å². The summed E-state index contributed by atoms with van der Waals surface area (Å²) in [6.07, 6.45) is -0.662. The lowest BCUT2D eigenvalue weighted by atomic mass is 9.93. The van der Waals surface area contributed by atoms with E-state index < -0.39 is 6.00 Å². The second kappa shape index (κ2) is 7.24. The third-order valence-corrected chi connectivity index (χ3v) is 2.55. The minimum absolute atomic E-state index is 0.183. The van der Waals surface area contributed by atoms with Crippen LogP contribution in [0, 0.1) is 0 Å². The Morgan fingerprint density at radius 2 is 1.81 bits per heavy atom. The predicted molar refractivity (Wildman–Crippen MR) is 58.7 cm³/mol. The Hall–Kier alpha value is -0.135. The molecular formula is C10H19BO5. The third-order valence-electron chi connectivity index (χ3n) is 2.55. The highest BCUT2D eigenvalue weighted by Gasteiger charge is 2.42. The lowest BCUT2D eigenvalue weighted by Gasteiger charge is -2.22. The van der Waals surface area contributed by atoms with E-state index in [1.165, 1.54) is 0 Å². The van der Waals surface area contributed by atoms with E-state index in [-0.39, 0.29) is 18.3 Å². The van der Waals surface area contributed by atoms with Gasteiger partial charge >= 0.3 is 0 Å². The van der Waals surface area contributed by atoms with Gasteiger partial charge in [-0.2, -0.15) is 0 Å². The average Bonchev–Trinajstić information content (AvgIpc) is 2.56. The second-order valence-corrected chi connectivity index (χ2v) is 3.62. The lowest BCUT2D eigenvalue weighted by molar-refractivity contribution is -0.0629. The van der Waals surface area contributed by atoms with Crippen LogP contribution >= 0.6 is 0 Å². The molecule has 1 rings (SSSR count). The molecule has 0 aliphatic carbocycles. The lowest BCUT2D eigenvalue weighted by Crippen LogP contribution is -2.39. The molecule has 1 unspecified atom stereocenters. The zero-order valence-corrected chi connectivity index (χ0v) is 10.0. The largest absolute Gasteiger partial charge is 0.382 e. The van der Waals surface area contributed by atoms with E-state index in [9.17, 15) is 0 Å². The summed E-state index contributed by atoms with van der Waals surface area (Å²) >= 11 is 0. The highest BCUT2D eigenvalue weighted by Crippen LogP contribution is 2.24. The summed E-state index contributed by atoms with van der Waals surface area (Å²) in [5.74, 6) is 0. The van der Waals surface area contributed by atoms with Crippen molar-refractivity contribution in [1.82, 2.24) is 0 Å². The van der Waals surface area contributed by atoms with Gasteiger partial charge in [-0.25, -0.2) is 0 Å². The molecule has 5 nitrogen and oxygen atoms in total. The number of rotatable bonds is 7. The van der Waals surface area contributed by atoms with Crippen LogP contribution in [0.15, 0.2) is 0 Å². The topological polar surface area (TPSA) is 46.2 Å². The van der Waals surface area contributed by atoms with Gasteiger partial charge in [0.25, 0.3) is 0 Å². The van der Waals surface area contributed by atoms with Gasteiger partial charge in [0.1, 0.15) is 26.2 Å². The van der Waals surface area contributed by atoms with Crippen molar-refractivity contribution in [3.05, 3.63) is 0 Å². The van der Waals surface area contributed by atoms with Gasteiger partial charge in [0.15, 0.2) is 0 Å². The van der Waals surface area contributed by atoms with E-state index in [1.54, 1.807) is 21.3 Å². The van der Waals surface area contributed by atoms with Crippen LogP contribution in [-0.4, -0.2) is 73.3 Å². The molecule has 4 atom stereocenters. The molecule has 1 fully saturated rings. The monoisotopic (exact) mass is 230 g/mol. The highest BCUT2D eigenvalue weighted by molar-refractivity contribution is 6.11. The molecule has 0 N–H and O–H groups in total. The molecule has 0 aromatic heterocycles. The molecule has 0 spiro atoms. The zero-order valence-electron chi connectivity index (χ0n) is 10.0. The van der Waals surface area contributed by atoms with Crippen LogP contribution in [0.25, 0.3) is 0 Å². The molecule has 0 aromatic carbocycles. The Bertz CT molecular complexity index is 192. The predicted octanol–water partition coefficient (Wildman–Crippen LogP) is -0.427. The van der Waals surface area contributed by atoms with Gasteiger partial charge < -0.3 is 23.7 Å². The van der Waals surface area contributed by atoms with Crippen molar-refractivity contribution in [2.24, 2.45) is 0 Å². The van der Waals surface area contributed by atoms with E-state index in [0.717, 1.165) is 0 Å². The summed E-state index contributed by atoms with van der Waals surface area (Å²) in [7, 11) is 10.7. The van der Waals surface area contributed by atoms with Crippen LogP contribution in [0.3, 0.4) is 0 Å². The maximum Gasteiger partial charge on any atom is 0.113 e. The fraction of sp³-hybridized carbons (Fsp3) is 1.00. The summed E-state index contributed by atoms with van der Waals surface area (Å²) in [4.78, 5) is 0. The SMILES string of the molecule is [B][C@@H]1O[C@H](COC)C(OC)[C@H]1OCCOC. The van der Waals surface area contributed by atoms with Crippen LogP contribution in [0.2, 0.25) is 0 Å². The molecule has 0 bridgehead atoms. The van der Waals surface area contributed by atoms with E-state index in [0.29, 0.717) is 19.8 Å². The minimum atomic E-state index is -0.484. The fourth-order valence-electron chi connectivity index (χ4n) is 1.80. The molecule has 16 heavy (non-hydrogen) atoms. The summed E-state index contributed by atoms with van der Waals surface area (Å²) in [6.45, 7) is 1.43. The smallest absolute Gasteiger partial charge is 0.113 e. The zero-order chi connectivity index (χ0) is 12.0. The van der Waals surface area contributed by atoms with Crippen molar-refractivity contribution < 1.29 is 23.7 Å². The minimum Gasteiger partial charge on any atom is -0.382 e. The number of ether oxygens (including phenoxy) is 5. The number of methoxy groups -OCH3 is 3. The first-order valence-corrected chi connectivity index (χ1v) is 5.28. The van der Waals surface area contributed by atoms with Gasteiger partial charge in [-0.3, -0.25) is 0 Å². The Morgan fingerprint density at radius 3 is 2.38 bits per heavy atom. The molecule has 0 aromatic rings. The molecule has 0 amide bonds. The molecule has 1 aliphatic heterocycles. The first-order valence-electron chi connectivity index (χ1n) is 5.28. The summed E-state index contributed by atoms with van der Waals surface area (Å²) < 4.78 is 26.4. The normalized spacial score (nSPS) is 34.4. The molecular weight excluding hydrogens is 211 g/mol. The molecule has 1 aliphatic rings. The van der Waals surface area contributed by atoms with Crippen molar-refractivity contribution >= 4 is 7.85 Å². The van der Waals surface area contributed by atoms with Gasteiger partial charge in [0, 0.05) is 27.3 Å². The fourth-order valence-corrected chi connectivity index (χ4v) is 1.80. The summed E-state index contributed by atoms with van der Waals surface area (Å²) in [5, 5.41) is 0.